The molecule has 0 bridgehead atoms. The smallest absolute Gasteiger partial charge is 0.174 e. The van der Waals surface area contributed by atoms with Crippen LogP contribution in [0.2, 0.25) is 0 Å². The van der Waals surface area contributed by atoms with Crippen LogP contribution in [-0.2, 0) is 14.6 Å². The normalized spacial score (nSPS) is 20.1. The highest BCUT2D eigenvalue weighted by Gasteiger charge is 2.32. The van der Waals surface area contributed by atoms with Crippen molar-refractivity contribution in [2.24, 2.45) is 0 Å². The summed E-state index contributed by atoms with van der Waals surface area (Å²) in [6, 6.07) is 9.25. The minimum absolute atomic E-state index is 0.00974. The zero-order valence-electron chi connectivity index (χ0n) is 12.3. The number of tetrazole rings is 1. The predicted molar refractivity (Wildman–Crippen MR) is 80.3 cm³/mol. The van der Waals surface area contributed by atoms with E-state index in [1.165, 1.54) is 4.68 Å². The van der Waals surface area contributed by atoms with Gasteiger partial charge in [-0.2, -0.15) is 4.68 Å². The second-order valence-corrected chi connectivity index (χ2v) is 7.76. The maximum Gasteiger partial charge on any atom is 0.174 e. The van der Waals surface area contributed by atoms with E-state index in [1.54, 1.807) is 6.92 Å². The van der Waals surface area contributed by atoms with Crippen LogP contribution in [0.4, 0.5) is 0 Å². The van der Waals surface area contributed by atoms with Gasteiger partial charge in [-0.25, -0.2) is 8.42 Å². The van der Waals surface area contributed by atoms with Crippen LogP contribution >= 0.6 is 0 Å². The summed E-state index contributed by atoms with van der Waals surface area (Å²) in [6.45, 7) is 2.26. The van der Waals surface area contributed by atoms with Crippen LogP contribution in [-0.4, -0.2) is 47.1 Å². The maximum absolute atomic E-state index is 12.6. The fourth-order valence-electron chi connectivity index (χ4n) is 2.54. The number of benzene rings is 1. The molecule has 0 saturated carbocycles. The Labute approximate surface area is 129 Å². The number of rotatable bonds is 5. The second-order valence-electron chi connectivity index (χ2n) is 5.39. The molecule has 1 aromatic carbocycles. The lowest BCUT2D eigenvalue weighted by Gasteiger charge is -2.15. The van der Waals surface area contributed by atoms with E-state index in [4.69, 9.17) is 4.74 Å². The van der Waals surface area contributed by atoms with E-state index in [2.05, 4.69) is 15.5 Å². The Morgan fingerprint density at radius 3 is 2.82 bits per heavy atom. The highest BCUT2D eigenvalue weighted by Crippen LogP contribution is 2.25. The number of aromatic nitrogens is 4. The van der Waals surface area contributed by atoms with Crippen molar-refractivity contribution in [3.05, 3.63) is 36.2 Å². The Bertz CT molecular complexity index is 724. The summed E-state index contributed by atoms with van der Waals surface area (Å²) >= 11 is 0. The van der Waals surface area contributed by atoms with Crippen LogP contribution in [0.1, 0.15) is 30.8 Å². The Morgan fingerprint density at radius 2 is 2.14 bits per heavy atom. The quantitative estimate of drug-likeness (QED) is 0.825. The largest absolute Gasteiger partial charge is 0.377 e. The van der Waals surface area contributed by atoms with Crippen molar-refractivity contribution in [2.75, 3.05) is 12.4 Å². The fraction of sp³-hybridized carbons (Fsp3) is 0.500. The number of nitrogens with zero attached hydrogens (tertiary/aromatic N) is 4. The average molecular weight is 322 g/mol. The minimum Gasteiger partial charge on any atom is -0.377 e. The van der Waals surface area contributed by atoms with E-state index in [0.717, 1.165) is 18.5 Å². The molecule has 1 fully saturated rings. The molecule has 2 heterocycles. The van der Waals surface area contributed by atoms with E-state index < -0.39 is 15.1 Å². The molecular weight excluding hydrogens is 304 g/mol. The summed E-state index contributed by atoms with van der Waals surface area (Å²) < 4.78 is 32.1. The van der Waals surface area contributed by atoms with Crippen LogP contribution in [0.5, 0.6) is 0 Å². The van der Waals surface area contributed by atoms with E-state index >= 15 is 0 Å². The molecule has 1 aromatic heterocycles. The van der Waals surface area contributed by atoms with Gasteiger partial charge in [0.25, 0.3) is 0 Å². The van der Waals surface area contributed by atoms with Gasteiger partial charge in [0.05, 0.1) is 17.5 Å². The van der Waals surface area contributed by atoms with Gasteiger partial charge in [-0.3, -0.25) is 0 Å². The first-order valence-electron chi connectivity index (χ1n) is 7.25. The van der Waals surface area contributed by atoms with Crippen molar-refractivity contribution in [3.63, 3.8) is 0 Å². The van der Waals surface area contributed by atoms with E-state index in [9.17, 15) is 8.42 Å². The van der Waals surface area contributed by atoms with Crippen molar-refractivity contribution in [1.82, 2.24) is 20.2 Å². The molecular formula is C14H18N4O3S. The topological polar surface area (TPSA) is 87.0 Å². The molecule has 0 unspecified atom stereocenters. The van der Waals surface area contributed by atoms with Crippen molar-refractivity contribution in [3.8, 4) is 5.69 Å². The third-order valence-electron chi connectivity index (χ3n) is 3.84. The molecule has 1 aliphatic heterocycles. The number of ether oxygens (including phenoxy) is 1. The van der Waals surface area contributed by atoms with Gasteiger partial charge in [0, 0.05) is 6.61 Å². The van der Waals surface area contributed by atoms with Gasteiger partial charge in [-0.1, -0.05) is 18.2 Å². The van der Waals surface area contributed by atoms with Gasteiger partial charge in [-0.15, -0.1) is 5.10 Å². The molecule has 0 N–H and O–H groups in total. The zero-order chi connectivity index (χ0) is 15.6. The van der Waals surface area contributed by atoms with Crippen molar-refractivity contribution < 1.29 is 13.2 Å². The molecule has 3 rings (SSSR count). The number of sulfone groups is 1. The third-order valence-corrected chi connectivity index (χ3v) is 5.96. The zero-order valence-corrected chi connectivity index (χ0v) is 13.1. The van der Waals surface area contributed by atoms with Crippen LogP contribution < -0.4 is 0 Å². The predicted octanol–water partition coefficient (Wildman–Crippen LogP) is 1.32. The third kappa shape index (κ3) is 3.02. The summed E-state index contributed by atoms with van der Waals surface area (Å²) in [5.41, 5.74) is 0.738. The molecule has 1 saturated heterocycles. The standard InChI is InChI=1S/C14H18N4O3S/c1-11(22(19,20)10-13-8-5-9-21-13)14-15-16-17-18(14)12-6-3-2-4-7-12/h2-4,6-7,11,13H,5,8-10H2,1H3/t11-,13+/m1/s1. The van der Waals surface area contributed by atoms with Crippen LogP contribution in [0.25, 0.3) is 5.69 Å². The van der Waals surface area contributed by atoms with Gasteiger partial charge in [-0.05, 0) is 42.3 Å². The second kappa shape index (κ2) is 6.13. The van der Waals surface area contributed by atoms with E-state index in [1.807, 2.05) is 30.3 Å². The van der Waals surface area contributed by atoms with Gasteiger partial charge in [0.15, 0.2) is 15.7 Å². The summed E-state index contributed by atoms with van der Waals surface area (Å²) in [5, 5.41) is 10.7. The van der Waals surface area contributed by atoms with Crippen LogP contribution in [0.3, 0.4) is 0 Å². The summed E-state index contributed by atoms with van der Waals surface area (Å²) in [7, 11) is -3.39. The molecule has 0 spiro atoms. The Morgan fingerprint density at radius 1 is 1.36 bits per heavy atom. The Balaban J connectivity index is 1.86. The van der Waals surface area contributed by atoms with Crippen molar-refractivity contribution >= 4 is 9.84 Å². The first kappa shape index (κ1) is 15.1. The average Bonchev–Trinajstić information content (AvgIpc) is 3.18. The molecule has 2 atom stereocenters. The lowest BCUT2D eigenvalue weighted by atomic mass is 10.3. The molecule has 22 heavy (non-hydrogen) atoms. The van der Waals surface area contributed by atoms with Crippen LogP contribution in [0, 0.1) is 0 Å². The molecule has 118 valence electrons. The lowest BCUT2D eigenvalue weighted by Crippen LogP contribution is -2.25. The first-order chi connectivity index (χ1) is 10.6. The van der Waals surface area contributed by atoms with E-state index in [-0.39, 0.29) is 11.9 Å². The Kier molecular flexibility index (Phi) is 4.21. The van der Waals surface area contributed by atoms with Gasteiger partial charge >= 0.3 is 0 Å². The number of hydrogen-bond acceptors (Lipinski definition) is 6. The van der Waals surface area contributed by atoms with Crippen LogP contribution in [0.15, 0.2) is 30.3 Å². The van der Waals surface area contributed by atoms with Crippen molar-refractivity contribution in [2.45, 2.75) is 31.1 Å². The SMILES string of the molecule is C[C@H](c1nnnn1-c1ccccc1)S(=O)(=O)C[C@@H]1CCCO1. The van der Waals surface area contributed by atoms with E-state index in [0.29, 0.717) is 12.4 Å². The summed E-state index contributed by atoms with van der Waals surface area (Å²) in [4.78, 5) is 0. The molecule has 1 aliphatic rings. The number of para-hydroxylation sites is 1. The summed E-state index contributed by atoms with van der Waals surface area (Å²) in [5.74, 6) is 0.333. The maximum atomic E-state index is 12.6. The molecule has 2 aromatic rings. The summed E-state index contributed by atoms with van der Waals surface area (Å²) in [6.07, 6.45) is 1.49. The van der Waals surface area contributed by atoms with Crippen molar-refractivity contribution in [1.29, 1.82) is 0 Å². The fourth-order valence-corrected chi connectivity index (χ4v) is 4.08. The van der Waals surface area contributed by atoms with Gasteiger partial charge in [0.2, 0.25) is 0 Å². The molecule has 0 radical (unpaired) electrons. The van der Waals surface area contributed by atoms with Gasteiger partial charge in [0.1, 0.15) is 5.25 Å². The lowest BCUT2D eigenvalue weighted by molar-refractivity contribution is 0.127. The molecule has 0 amide bonds. The monoisotopic (exact) mass is 322 g/mol. The first-order valence-corrected chi connectivity index (χ1v) is 8.96. The highest BCUT2D eigenvalue weighted by molar-refractivity contribution is 7.91. The number of hydrogen-bond donors (Lipinski definition) is 0. The molecule has 8 heteroatoms. The molecule has 7 nitrogen and oxygen atoms in total. The molecule has 0 aliphatic carbocycles. The minimum atomic E-state index is -3.39. The highest BCUT2D eigenvalue weighted by atomic mass is 32.2. The van der Waals surface area contributed by atoms with Gasteiger partial charge < -0.3 is 4.74 Å². The Hall–Kier alpha value is -1.80.